The molecule has 1 aromatic carbocycles. The van der Waals surface area contributed by atoms with E-state index in [4.69, 9.17) is 0 Å². The number of hydrogen-bond donors (Lipinski definition) is 3. The van der Waals surface area contributed by atoms with E-state index >= 15 is 0 Å². The molecule has 3 N–H and O–H groups in total. The number of benzene rings is 1. The molecular formula is C22H28N4O3. The van der Waals surface area contributed by atoms with Crippen molar-refractivity contribution in [2.45, 2.75) is 76.3 Å². The molecule has 29 heavy (non-hydrogen) atoms. The zero-order valence-corrected chi connectivity index (χ0v) is 16.7. The Morgan fingerprint density at radius 1 is 1.17 bits per heavy atom. The summed E-state index contributed by atoms with van der Waals surface area (Å²) >= 11 is 0. The van der Waals surface area contributed by atoms with Gasteiger partial charge in [-0.3, -0.25) is 19.7 Å². The summed E-state index contributed by atoms with van der Waals surface area (Å²) in [5.41, 5.74) is 2.83. The normalized spacial score (nSPS) is 33.8. The van der Waals surface area contributed by atoms with Gasteiger partial charge in [0.05, 0.1) is 0 Å². The maximum absolute atomic E-state index is 13.0. The van der Waals surface area contributed by atoms with Gasteiger partial charge in [-0.25, -0.2) is 0 Å². The summed E-state index contributed by atoms with van der Waals surface area (Å²) in [4.78, 5) is 38.3. The minimum atomic E-state index is -0.562. The predicted octanol–water partition coefficient (Wildman–Crippen LogP) is 1.07. The highest BCUT2D eigenvalue weighted by Gasteiger charge is 2.41. The average molecular weight is 396 g/mol. The minimum absolute atomic E-state index is 0.107. The molecule has 4 aliphatic heterocycles. The van der Waals surface area contributed by atoms with Crippen molar-refractivity contribution in [2.75, 3.05) is 0 Å². The van der Waals surface area contributed by atoms with E-state index in [1.165, 1.54) is 12.8 Å². The van der Waals surface area contributed by atoms with Gasteiger partial charge >= 0.3 is 0 Å². The second kappa shape index (κ2) is 7.22. The van der Waals surface area contributed by atoms with E-state index in [2.05, 4.69) is 28.9 Å². The number of nitrogens with zero attached hydrogens (tertiary/aromatic N) is 1. The van der Waals surface area contributed by atoms with Crippen LogP contribution in [-0.4, -0.2) is 46.8 Å². The Morgan fingerprint density at radius 3 is 2.86 bits per heavy atom. The third kappa shape index (κ3) is 3.26. The molecule has 3 fully saturated rings. The van der Waals surface area contributed by atoms with E-state index in [0.29, 0.717) is 42.6 Å². The Bertz CT molecular complexity index is 870. The van der Waals surface area contributed by atoms with Crippen LogP contribution in [0.4, 0.5) is 0 Å². The van der Waals surface area contributed by atoms with Crippen LogP contribution in [0, 0.1) is 5.92 Å². The number of fused-ring (bicyclic) bond motifs is 3. The smallest absolute Gasteiger partial charge is 0.255 e. The molecule has 0 saturated carbocycles. The summed E-state index contributed by atoms with van der Waals surface area (Å²) < 4.78 is 0. The summed E-state index contributed by atoms with van der Waals surface area (Å²) in [6, 6.07) is 7.00. The molecule has 0 radical (unpaired) electrons. The molecule has 0 aliphatic carbocycles. The molecule has 3 amide bonds. The van der Waals surface area contributed by atoms with Crippen molar-refractivity contribution in [3.8, 4) is 0 Å². The number of imide groups is 1. The van der Waals surface area contributed by atoms with Crippen molar-refractivity contribution in [3.63, 3.8) is 0 Å². The standard InChI is InChI=1S/C22H28N4O3/c1-12-17-6-5-14(24-17)9-18(12)23-10-13-3-2-4-15-16(13)11-26(22(15)29)19-7-8-20(27)25-21(19)28/h2-4,12,14,17-19,23-24H,5-11H2,1H3,(H,25,27,28). The molecule has 0 spiro atoms. The molecule has 4 heterocycles. The Labute approximate surface area is 170 Å². The van der Waals surface area contributed by atoms with Gasteiger partial charge in [0.2, 0.25) is 11.8 Å². The first-order chi connectivity index (χ1) is 14.0. The monoisotopic (exact) mass is 396 g/mol. The molecule has 154 valence electrons. The quantitative estimate of drug-likeness (QED) is 0.663. The fourth-order valence-electron chi connectivity index (χ4n) is 5.58. The zero-order valence-electron chi connectivity index (χ0n) is 16.7. The molecular weight excluding hydrogens is 368 g/mol. The molecule has 1 aromatic rings. The van der Waals surface area contributed by atoms with Crippen LogP contribution < -0.4 is 16.0 Å². The van der Waals surface area contributed by atoms with Gasteiger partial charge in [0.1, 0.15) is 6.04 Å². The van der Waals surface area contributed by atoms with Gasteiger partial charge in [0.15, 0.2) is 0 Å². The van der Waals surface area contributed by atoms with E-state index in [0.717, 1.165) is 24.1 Å². The molecule has 5 rings (SSSR count). The number of rotatable bonds is 4. The van der Waals surface area contributed by atoms with Crippen molar-refractivity contribution in [2.24, 2.45) is 5.92 Å². The average Bonchev–Trinajstić information content (AvgIpc) is 3.26. The lowest BCUT2D eigenvalue weighted by atomic mass is 9.88. The first-order valence-electron chi connectivity index (χ1n) is 10.8. The number of nitrogens with one attached hydrogen (secondary N) is 3. The molecule has 7 heteroatoms. The van der Waals surface area contributed by atoms with Gasteiger partial charge in [-0.2, -0.15) is 0 Å². The van der Waals surface area contributed by atoms with Crippen LogP contribution in [0.15, 0.2) is 18.2 Å². The molecule has 5 unspecified atom stereocenters. The zero-order chi connectivity index (χ0) is 20.1. The molecule has 7 nitrogen and oxygen atoms in total. The SMILES string of the molecule is CC1C(NCc2cccc3c2CN(C2CCC(=O)NC2=O)C3=O)CC2CCC1N2. The van der Waals surface area contributed by atoms with Crippen LogP contribution in [-0.2, 0) is 22.7 Å². The summed E-state index contributed by atoms with van der Waals surface area (Å²) in [5, 5.41) is 9.83. The summed E-state index contributed by atoms with van der Waals surface area (Å²) in [7, 11) is 0. The van der Waals surface area contributed by atoms with Gasteiger partial charge in [0, 0.05) is 43.2 Å². The van der Waals surface area contributed by atoms with Crippen molar-refractivity contribution in [3.05, 3.63) is 34.9 Å². The molecule has 2 bridgehead atoms. The Morgan fingerprint density at radius 2 is 2.03 bits per heavy atom. The molecule has 5 atom stereocenters. The van der Waals surface area contributed by atoms with Crippen molar-refractivity contribution < 1.29 is 14.4 Å². The van der Waals surface area contributed by atoms with E-state index in [1.54, 1.807) is 4.90 Å². The molecule has 3 saturated heterocycles. The predicted molar refractivity (Wildman–Crippen MR) is 107 cm³/mol. The second-order valence-electron chi connectivity index (χ2n) is 8.97. The van der Waals surface area contributed by atoms with Crippen LogP contribution in [0.2, 0.25) is 0 Å². The third-order valence-electron chi connectivity index (χ3n) is 7.32. The van der Waals surface area contributed by atoms with Crippen LogP contribution in [0.25, 0.3) is 0 Å². The third-order valence-corrected chi connectivity index (χ3v) is 7.32. The lowest BCUT2D eigenvalue weighted by molar-refractivity contribution is -0.136. The lowest BCUT2D eigenvalue weighted by Gasteiger charge is -2.36. The Kier molecular flexibility index (Phi) is 4.67. The minimum Gasteiger partial charge on any atom is -0.322 e. The largest absolute Gasteiger partial charge is 0.322 e. The Balaban J connectivity index is 1.31. The lowest BCUT2D eigenvalue weighted by Crippen LogP contribution is -2.52. The fraction of sp³-hybridized carbons (Fsp3) is 0.591. The second-order valence-corrected chi connectivity index (χ2v) is 8.97. The van der Waals surface area contributed by atoms with Gasteiger partial charge in [-0.1, -0.05) is 19.1 Å². The van der Waals surface area contributed by atoms with Crippen molar-refractivity contribution in [1.29, 1.82) is 0 Å². The van der Waals surface area contributed by atoms with Gasteiger partial charge in [-0.15, -0.1) is 0 Å². The molecule has 0 aromatic heterocycles. The first-order valence-corrected chi connectivity index (χ1v) is 10.8. The van der Waals surface area contributed by atoms with Gasteiger partial charge in [0.25, 0.3) is 5.91 Å². The summed E-state index contributed by atoms with van der Waals surface area (Å²) in [5.74, 6) is -0.136. The topological polar surface area (TPSA) is 90.5 Å². The fourth-order valence-corrected chi connectivity index (χ4v) is 5.58. The molecule has 4 aliphatic rings. The highest BCUT2D eigenvalue weighted by Crippen LogP contribution is 2.33. The summed E-state index contributed by atoms with van der Waals surface area (Å²) in [6.45, 7) is 3.49. The van der Waals surface area contributed by atoms with E-state index in [9.17, 15) is 14.4 Å². The van der Waals surface area contributed by atoms with Crippen molar-refractivity contribution in [1.82, 2.24) is 20.9 Å². The van der Waals surface area contributed by atoms with E-state index in [1.807, 2.05) is 12.1 Å². The van der Waals surface area contributed by atoms with Crippen LogP contribution in [0.3, 0.4) is 0 Å². The number of piperidine rings is 2. The van der Waals surface area contributed by atoms with Crippen LogP contribution in [0.1, 0.15) is 60.5 Å². The van der Waals surface area contributed by atoms with E-state index in [-0.39, 0.29) is 24.1 Å². The highest BCUT2D eigenvalue weighted by atomic mass is 16.2. The number of carbonyl (C=O) groups is 3. The van der Waals surface area contributed by atoms with Crippen molar-refractivity contribution >= 4 is 17.7 Å². The maximum Gasteiger partial charge on any atom is 0.255 e. The maximum atomic E-state index is 13.0. The van der Waals surface area contributed by atoms with E-state index < -0.39 is 6.04 Å². The number of carbonyl (C=O) groups excluding carboxylic acids is 3. The van der Waals surface area contributed by atoms with Crippen LogP contribution in [0.5, 0.6) is 0 Å². The number of hydrogen-bond acceptors (Lipinski definition) is 5. The Hall–Kier alpha value is -2.25. The highest BCUT2D eigenvalue weighted by molar-refractivity contribution is 6.05. The number of amides is 3. The van der Waals surface area contributed by atoms with Gasteiger partial charge in [-0.05, 0) is 48.8 Å². The first kappa shape index (κ1) is 18.8. The van der Waals surface area contributed by atoms with Crippen LogP contribution >= 0.6 is 0 Å². The summed E-state index contributed by atoms with van der Waals surface area (Å²) in [6.07, 6.45) is 4.35. The van der Waals surface area contributed by atoms with Gasteiger partial charge < -0.3 is 15.5 Å².